The summed E-state index contributed by atoms with van der Waals surface area (Å²) in [6.45, 7) is 7.51. The Kier molecular flexibility index (Phi) is 3.71. The van der Waals surface area contributed by atoms with Gasteiger partial charge in [-0.05, 0) is 19.3 Å². The average Bonchev–Trinajstić information content (AvgIpc) is 2.81. The van der Waals surface area contributed by atoms with Crippen LogP contribution < -0.4 is 0 Å². The summed E-state index contributed by atoms with van der Waals surface area (Å²) in [5, 5.41) is 20.9. The van der Waals surface area contributed by atoms with Crippen LogP contribution >= 0.6 is 11.3 Å². The highest BCUT2D eigenvalue weighted by Gasteiger charge is 2.29. The molecular formula is C13H19N3OS. The number of hydrogen-bond acceptors (Lipinski definition) is 4. The standard InChI is InChI=1S/C13H19N3OS/c1-8(2)4-5-16-6-10(17)11(12(16)14)13-15-9(3)7-18-13/h7-8,14,17H,4-6H2,1-3H3. The molecule has 0 aliphatic carbocycles. The van der Waals surface area contributed by atoms with Gasteiger partial charge in [0.1, 0.15) is 16.6 Å². The Bertz CT molecular complexity index is 490. The molecule has 0 saturated heterocycles. The third-order valence-corrected chi connectivity index (χ3v) is 3.97. The maximum atomic E-state index is 10.0. The number of aliphatic hydroxyl groups is 1. The predicted octanol–water partition coefficient (Wildman–Crippen LogP) is 3.06. The van der Waals surface area contributed by atoms with Crippen molar-refractivity contribution in [2.45, 2.75) is 27.2 Å². The summed E-state index contributed by atoms with van der Waals surface area (Å²) in [4.78, 5) is 6.27. The zero-order valence-electron chi connectivity index (χ0n) is 11.0. The highest BCUT2D eigenvalue weighted by Crippen LogP contribution is 2.29. The SMILES string of the molecule is Cc1csc(C2=C(O)CN(CCC(C)C)C2=N)n1. The summed E-state index contributed by atoms with van der Waals surface area (Å²) in [6.07, 6.45) is 1.03. The summed E-state index contributed by atoms with van der Waals surface area (Å²) in [5.74, 6) is 1.28. The maximum absolute atomic E-state index is 10.0. The van der Waals surface area contributed by atoms with Crippen molar-refractivity contribution in [2.24, 2.45) is 5.92 Å². The molecule has 1 aliphatic heterocycles. The smallest absolute Gasteiger partial charge is 0.135 e. The topological polar surface area (TPSA) is 60.2 Å². The first-order chi connectivity index (χ1) is 8.49. The predicted molar refractivity (Wildman–Crippen MR) is 75.2 cm³/mol. The number of nitrogens with zero attached hydrogens (tertiary/aromatic N) is 2. The van der Waals surface area contributed by atoms with E-state index in [0.29, 0.717) is 23.9 Å². The third-order valence-electron chi connectivity index (χ3n) is 2.99. The molecular weight excluding hydrogens is 246 g/mol. The lowest BCUT2D eigenvalue weighted by Crippen LogP contribution is -2.28. The molecule has 0 aromatic carbocycles. The minimum absolute atomic E-state index is 0.276. The van der Waals surface area contributed by atoms with Crippen LogP contribution in [-0.4, -0.2) is 33.9 Å². The number of aryl methyl sites for hydroxylation is 1. The second kappa shape index (κ2) is 5.10. The molecule has 2 N–H and O–H groups in total. The Balaban J connectivity index is 2.13. The molecule has 0 bridgehead atoms. The van der Waals surface area contributed by atoms with Gasteiger partial charge in [0.15, 0.2) is 0 Å². The lowest BCUT2D eigenvalue weighted by atomic mass is 10.1. The summed E-state index contributed by atoms with van der Waals surface area (Å²) in [6, 6.07) is 0. The van der Waals surface area contributed by atoms with Crippen molar-refractivity contribution >= 4 is 22.7 Å². The molecule has 2 heterocycles. The summed E-state index contributed by atoms with van der Waals surface area (Å²) >= 11 is 1.48. The normalized spacial score (nSPS) is 16.2. The maximum Gasteiger partial charge on any atom is 0.135 e. The van der Waals surface area contributed by atoms with Gasteiger partial charge in [-0.2, -0.15) is 0 Å². The molecule has 0 spiro atoms. The fraction of sp³-hybridized carbons (Fsp3) is 0.538. The number of amidine groups is 1. The van der Waals surface area contributed by atoms with Gasteiger partial charge in [-0.1, -0.05) is 13.8 Å². The molecule has 0 fully saturated rings. The molecule has 0 saturated carbocycles. The van der Waals surface area contributed by atoms with E-state index in [-0.39, 0.29) is 5.76 Å². The van der Waals surface area contributed by atoms with Crippen molar-refractivity contribution < 1.29 is 5.11 Å². The lowest BCUT2D eigenvalue weighted by molar-refractivity contribution is 0.337. The molecule has 0 unspecified atom stereocenters. The number of aromatic nitrogens is 1. The number of aliphatic hydroxyl groups excluding tert-OH is 1. The second-order valence-electron chi connectivity index (χ2n) is 5.07. The fourth-order valence-electron chi connectivity index (χ4n) is 1.93. The van der Waals surface area contributed by atoms with Crippen molar-refractivity contribution in [3.8, 4) is 0 Å². The Labute approximate surface area is 111 Å². The van der Waals surface area contributed by atoms with Crippen LogP contribution in [0, 0.1) is 18.3 Å². The van der Waals surface area contributed by atoms with Crippen LogP contribution in [0.4, 0.5) is 0 Å². The van der Waals surface area contributed by atoms with E-state index in [1.165, 1.54) is 11.3 Å². The van der Waals surface area contributed by atoms with Crippen LogP contribution in [0.15, 0.2) is 11.1 Å². The zero-order chi connectivity index (χ0) is 13.3. The summed E-state index contributed by atoms with van der Waals surface area (Å²) < 4.78 is 0. The monoisotopic (exact) mass is 265 g/mol. The molecule has 98 valence electrons. The van der Waals surface area contributed by atoms with Gasteiger partial charge in [0.05, 0.1) is 12.1 Å². The highest BCUT2D eigenvalue weighted by molar-refractivity contribution is 7.11. The van der Waals surface area contributed by atoms with Crippen LogP contribution in [0.1, 0.15) is 31.0 Å². The second-order valence-corrected chi connectivity index (χ2v) is 5.93. The van der Waals surface area contributed by atoms with Gasteiger partial charge >= 0.3 is 0 Å². The van der Waals surface area contributed by atoms with Gasteiger partial charge in [0.2, 0.25) is 0 Å². The van der Waals surface area contributed by atoms with E-state index in [1.807, 2.05) is 17.2 Å². The third kappa shape index (κ3) is 2.56. The molecule has 1 aliphatic rings. The Morgan fingerprint density at radius 2 is 2.28 bits per heavy atom. The molecule has 0 radical (unpaired) electrons. The van der Waals surface area contributed by atoms with Crippen molar-refractivity contribution in [3.63, 3.8) is 0 Å². The molecule has 2 rings (SSSR count). The minimum Gasteiger partial charge on any atom is -0.510 e. The van der Waals surface area contributed by atoms with Crippen LogP contribution in [0.2, 0.25) is 0 Å². The number of rotatable bonds is 4. The van der Waals surface area contributed by atoms with E-state index < -0.39 is 0 Å². The van der Waals surface area contributed by atoms with E-state index in [1.54, 1.807) is 0 Å². The first kappa shape index (κ1) is 13.1. The van der Waals surface area contributed by atoms with E-state index in [9.17, 15) is 5.11 Å². The lowest BCUT2D eigenvalue weighted by Gasteiger charge is -2.19. The molecule has 5 heteroatoms. The molecule has 1 aromatic heterocycles. The van der Waals surface area contributed by atoms with Gasteiger partial charge in [0, 0.05) is 17.6 Å². The van der Waals surface area contributed by atoms with E-state index in [4.69, 9.17) is 5.41 Å². The van der Waals surface area contributed by atoms with Gasteiger partial charge < -0.3 is 10.0 Å². The highest BCUT2D eigenvalue weighted by atomic mass is 32.1. The number of thiazole rings is 1. The van der Waals surface area contributed by atoms with Crippen LogP contribution in [0.5, 0.6) is 0 Å². The van der Waals surface area contributed by atoms with Gasteiger partial charge in [-0.3, -0.25) is 5.41 Å². The first-order valence-electron chi connectivity index (χ1n) is 6.17. The van der Waals surface area contributed by atoms with Crippen molar-refractivity contribution in [1.29, 1.82) is 5.41 Å². The molecule has 0 atom stereocenters. The van der Waals surface area contributed by atoms with Crippen LogP contribution in [0.25, 0.3) is 5.57 Å². The van der Waals surface area contributed by atoms with E-state index >= 15 is 0 Å². The largest absolute Gasteiger partial charge is 0.510 e. The molecule has 0 amide bonds. The molecule has 4 nitrogen and oxygen atoms in total. The van der Waals surface area contributed by atoms with Gasteiger partial charge in [0.25, 0.3) is 0 Å². The quantitative estimate of drug-likeness (QED) is 0.879. The Hall–Kier alpha value is -1.36. The van der Waals surface area contributed by atoms with E-state index in [2.05, 4.69) is 18.8 Å². The average molecular weight is 265 g/mol. The van der Waals surface area contributed by atoms with Crippen molar-refractivity contribution in [3.05, 3.63) is 21.8 Å². The number of hydrogen-bond donors (Lipinski definition) is 2. The van der Waals surface area contributed by atoms with Crippen molar-refractivity contribution in [2.75, 3.05) is 13.1 Å². The fourth-order valence-corrected chi connectivity index (χ4v) is 2.80. The molecule has 1 aromatic rings. The summed E-state index contributed by atoms with van der Waals surface area (Å²) in [7, 11) is 0. The van der Waals surface area contributed by atoms with Gasteiger partial charge in [-0.25, -0.2) is 4.98 Å². The number of nitrogens with one attached hydrogen (secondary N) is 1. The van der Waals surface area contributed by atoms with E-state index in [0.717, 1.165) is 23.7 Å². The van der Waals surface area contributed by atoms with Crippen LogP contribution in [-0.2, 0) is 0 Å². The van der Waals surface area contributed by atoms with Crippen molar-refractivity contribution in [1.82, 2.24) is 9.88 Å². The Morgan fingerprint density at radius 1 is 1.56 bits per heavy atom. The summed E-state index contributed by atoms with van der Waals surface area (Å²) in [5.41, 5.74) is 1.54. The zero-order valence-corrected chi connectivity index (χ0v) is 11.8. The van der Waals surface area contributed by atoms with Gasteiger partial charge in [-0.15, -0.1) is 11.3 Å². The first-order valence-corrected chi connectivity index (χ1v) is 7.05. The Morgan fingerprint density at radius 3 is 2.83 bits per heavy atom. The molecule has 18 heavy (non-hydrogen) atoms. The minimum atomic E-state index is 0.276. The van der Waals surface area contributed by atoms with Crippen LogP contribution in [0.3, 0.4) is 0 Å².